The number of aryl methyl sites for hydroxylation is 1. The second-order valence-electron chi connectivity index (χ2n) is 5.40. The van der Waals surface area contributed by atoms with Crippen LogP contribution in [0.1, 0.15) is 37.0 Å². The molecular weight excluding hydrogens is 350 g/mol. The molecule has 0 saturated carbocycles. The first-order chi connectivity index (χ1) is 11.2. The van der Waals surface area contributed by atoms with Crippen molar-refractivity contribution in [3.8, 4) is 6.07 Å². The van der Waals surface area contributed by atoms with Gasteiger partial charge in [0.25, 0.3) is 11.8 Å². The number of thiophene rings is 1. The minimum atomic E-state index is -0.523. The molecule has 2 amide bonds. The van der Waals surface area contributed by atoms with E-state index in [2.05, 4.69) is 10.4 Å². The number of hydrogen-bond donors (Lipinski definition) is 1. The van der Waals surface area contributed by atoms with E-state index in [1.54, 1.807) is 35.0 Å². The summed E-state index contributed by atoms with van der Waals surface area (Å²) >= 11 is 7.17. The monoisotopic (exact) mass is 365 g/mol. The van der Waals surface area contributed by atoms with Crippen LogP contribution >= 0.6 is 22.9 Å². The van der Waals surface area contributed by atoms with E-state index in [-0.39, 0.29) is 22.2 Å². The van der Waals surface area contributed by atoms with E-state index < -0.39 is 5.91 Å². The fraction of sp³-hybridized carbons (Fsp3) is 0.333. The second-order valence-corrected chi connectivity index (χ2v) is 6.80. The van der Waals surface area contributed by atoms with E-state index >= 15 is 0 Å². The van der Waals surface area contributed by atoms with Crippen LogP contribution in [0.4, 0.5) is 5.00 Å². The van der Waals surface area contributed by atoms with Gasteiger partial charge in [-0.05, 0) is 19.4 Å². The summed E-state index contributed by atoms with van der Waals surface area (Å²) in [4.78, 5) is 26.4. The van der Waals surface area contributed by atoms with E-state index in [0.29, 0.717) is 21.1 Å². The number of carbonyl (C=O) groups excluding carboxylic acids is 2. The van der Waals surface area contributed by atoms with Gasteiger partial charge in [-0.1, -0.05) is 11.6 Å². The van der Waals surface area contributed by atoms with Crippen molar-refractivity contribution < 1.29 is 9.59 Å². The number of nitrogens with one attached hydrogen (secondary N) is 1. The van der Waals surface area contributed by atoms with Crippen molar-refractivity contribution in [3.63, 3.8) is 0 Å². The van der Waals surface area contributed by atoms with Crippen molar-refractivity contribution in [2.45, 2.75) is 13.8 Å². The van der Waals surface area contributed by atoms with Crippen molar-refractivity contribution in [1.82, 2.24) is 14.7 Å². The SMILES string of the molecule is Cc1c(C(=O)N(C)C)sc(NC(=O)c2nn(C)c(C)c2Cl)c1C#N. The smallest absolute Gasteiger partial charge is 0.278 e. The lowest BCUT2D eigenvalue weighted by Crippen LogP contribution is -2.21. The third kappa shape index (κ3) is 3.00. The number of anilines is 1. The molecule has 0 bridgehead atoms. The fourth-order valence-corrected chi connectivity index (χ4v) is 3.45. The summed E-state index contributed by atoms with van der Waals surface area (Å²) in [6.07, 6.45) is 0. The topological polar surface area (TPSA) is 91.0 Å². The number of hydrogen-bond acceptors (Lipinski definition) is 5. The lowest BCUT2D eigenvalue weighted by Gasteiger charge is -2.08. The van der Waals surface area contributed by atoms with Crippen molar-refractivity contribution >= 4 is 39.8 Å². The number of rotatable bonds is 3. The largest absolute Gasteiger partial charge is 0.344 e. The Kier molecular flexibility index (Phi) is 4.96. The van der Waals surface area contributed by atoms with Gasteiger partial charge in [0.05, 0.1) is 21.2 Å². The number of carbonyl (C=O) groups is 2. The van der Waals surface area contributed by atoms with Crippen LogP contribution < -0.4 is 5.32 Å². The second kappa shape index (κ2) is 6.63. The maximum absolute atomic E-state index is 12.4. The first-order valence-corrected chi connectivity index (χ1v) is 8.14. The number of aromatic nitrogens is 2. The average molecular weight is 366 g/mol. The highest BCUT2D eigenvalue weighted by atomic mass is 35.5. The minimum absolute atomic E-state index is 0.0760. The summed E-state index contributed by atoms with van der Waals surface area (Å²) in [7, 11) is 4.94. The molecule has 126 valence electrons. The first kappa shape index (κ1) is 18.0. The van der Waals surface area contributed by atoms with Crippen LogP contribution in [-0.2, 0) is 7.05 Å². The number of nitriles is 1. The number of nitrogens with zero attached hydrogens (tertiary/aromatic N) is 4. The molecule has 9 heteroatoms. The van der Waals surface area contributed by atoms with Crippen molar-refractivity contribution in [2.24, 2.45) is 7.05 Å². The molecule has 2 aromatic heterocycles. The van der Waals surface area contributed by atoms with Crippen LogP contribution in [0.3, 0.4) is 0 Å². The van der Waals surface area contributed by atoms with E-state index in [0.717, 1.165) is 11.3 Å². The fourth-order valence-electron chi connectivity index (χ4n) is 2.03. The van der Waals surface area contributed by atoms with Crippen LogP contribution in [0.2, 0.25) is 5.02 Å². The van der Waals surface area contributed by atoms with Gasteiger partial charge >= 0.3 is 0 Å². The molecule has 24 heavy (non-hydrogen) atoms. The number of halogens is 1. The molecule has 0 radical (unpaired) electrons. The summed E-state index contributed by atoms with van der Waals surface area (Å²) in [5.74, 6) is -0.744. The van der Waals surface area contributed by atoms with Crippen LogP contribution in [0, 0.1) is 25.2 Å². The highest BCUT2D eigenvalue weighted by molar-refractivity contribution is 7.18. The Morgan fingerprint density at radius 2 is 2.00 bits per heavy atom. The lowest BCUT2D eigenvalue weighted by molar-refractivity contribution is 0.0831. The van der Waals surface area contributed by atoms with Gasteiger partial charge in [-0.3, -0.25) is 14.3 Å². The zero-order valence-electron chi connectivity index (χ0n) is 13.9. The summed E-state index contributed by atoms with van der Waals surface area (Å²) in [5, 5.41) is 16.6. The highest BCUT2D eigenvalue weighted by Crippen LogP contribution is 2.33. The van der Waals surface area contributed by atoms with Crippen molar-refractivity contribution in [1.29, 1.82) is 5.26 Å². The van der Waals surface area contributed by atoms with Gasteiger partial charge in [0, 0.05) is 21.1 Å². The van der Waals surface area contributed by atoms with Gasteiger partial charge in [0.15, 0.2) is 5.69 Å². The Labute approximate surface area is 148 Å². The van der Waals surface area contributed by atoms with Gasteiger partial charge in [-0.25, -0.2) is 0 Å². The van der Waals surface area contributed by atoms with Gasteiger partial charge in [-0.2, -0.15) is 10.4 Å². The van der Waals surface area contributed by atoms with E-state index in [1.165, 1.54) is 9.58 Å². The lowest BCUT2D eigenvalue weighted by atomic mass is 10.1. The number of amides is 2. The molecule has 2 aromatic rings. The maximum atomic E-state index is 12.4. The molecule has 2 heterocycles. The zero-order chi connectivity index (χ0) is 18.2. The third-order valence-corrected chi connectivity index (χ3v) is 5.21. The van der Waals surface area contributed by atoms with Crippen LogP contribution in [0.15, 0.2) is 0 Å². The molecule has 0 saturated heterocycles. The molecule has 0 unspecified atom stereocenters. The normalized spacial score (nSPS) is 10.4. The summed E-state index contributed by atoms with van der Waals surface area (Å²) in [6, 6.07) is 2.03. The predicted molar refractivity (Wildman–Crippen MR) is 92.7 cm³/mol. The Balaban J connectivity index is 2.41. The molecule has 0 spiro atoms. The zero-order valence-corrected chi connectivity index (χ0v) is 15.5. The molecule has 0 aromatic carbocycles. The Morgan fingerprint density at radius 3 is 2.46 bits per heavy atom. The van der Waals surface area contributed by atoms with Crippen molar-refractivity contribution in [2.75, 3.05) is 19.4 Å². The van der Waals surface area contributed by atoms with Gasteiger partial charge in [0.1, 0.15) is 11.1 Å². The van der Waals surface area contributed by atoms with Gasteiger partial charge < -0.3 is 10.2 Å². The Morgan fingerprint density at radius 1 is 1.38 bits per heavy atom. The summed E-state index contributed by atoms with van der Waals surface area (Å²) in [5.41, 5.74) is 1.54. The third-order valence-electron chi connectivity index (χ3n) is 3.56. The molecule has 0 aliphatic carbocycles. The highest BCUT2D eigenvalue weighted by Gasteiger charge is 2.24. The molecular formula is C15H16ClN5O2S. The molecule has 0 aliphatic heterocycles. The van der Waals surface area contributed by atoms with Gasteiger partial charge in [0.2, 0.25) is 0 Å². The van der Waals surface area contributed by atoms with Crippen molar-refractivity contribution in [3.05, 3.63) is 32.4 Å². The molecule has 2 rings (SSSR count). The van der Waals surface area contributed by atoms with Gasteiger partial charge in [-0.15, -0.1) is 11.3 Å². The van der Waals surface area contributed by atoms with E-state index in [1.807, 2.05) is 6.07 Å². The van der Waals surface area contributed by atoms with Crippen LogP contribution in [0.5, 0.6) is 0 Å². The Hall–Kier alpha value is -2.37. The first-order valence-electron chi connectivity index (χ1n) is 6.94. The quantitative estimate of drug-likeness (QED) is 0.904. The maximum Gasteiger partial charge on any atom is 0.278 e. The van der Waals surface area contributed by atoms with E-state index in [4.69, 9.17) is 11.6 Å². The summed E-state index contributed by atoms with van der Waals surface area (Å²) in [6.45, 7) is 3.43. The average Bonchev–Trinajstić information content (AvgIpc) is 2.97. The van der Waals surface area contributed by atoms with Crippen LogP contribution in [0.25, 0.3) is 0 Å². The Bertz CT molecular complexity index is 876. The van der Waals surface area contributed by atoms with Crippen LogP contribution in [-0.4, -0.2) is 40.6 Å². The summed E-state index contributed by atoms with van der Waals surface area (Å²) < 4.78 is 1.50. The van der Waals surface area contributed by atoms with E-state index in [9.17, 15) is 14.9 Å². The molecule has 1 N–H and O–H groups in total. The molecule has 0 aliphatic rings. The molecule has 7 nitrogen and oxygen atoms in total. The molecule has 0 atom stereocenters. The minimum Gasteiger partial charge on any atom is -0.344 e. The predicted octanol–water partition coefficient (Wildman–Crippen LogP) is 2.58. The standard InChI is InChI=1S/C15H16ClN5O2S/c1-7-9(6-17)14(24-12(7)15(23)20(3)4)18-13(22)11-10(16)8(2)21(5)19-11/h1-5H3,(H,18,22). The molecule has 0 fully saturated rings.